The Hall–Kier alpha value is -3.63. The molecule has 148 valence electrons. The third-order valence-electron chi connectivity index (χ3n) is 3.43. The van der Waals surface area contributed by atoms with Crippen LogP contribution in [-0.4, -0.2) is 30.5 Å². The number of carbonyl (C=O) groups is 2. The minimum atomic E-state index is -4.50. The van der Waals surface area contributed by atoms with Crippen molar-refractivity contribution in [1.29, 1.82) is 0 Å². The molecule has 0 aromatic heterocycles. The van der Waals surface area contributed by atoms with Crippen LogP contribution in [0.25, 0.3) is 0 Å². The van der Waals surface area contributed by atoms with E-state index in [1.165, 1.54) is 6.07 Å². The van der Waals surface area contributed by atoms with Gasteiger partial charge in [0.25, 0.3) is 5.91 Å². The van der Waals surface area contributed by atoms with Gasteiger partial charge in [0.1, 0.15) is 0 Å². The summed E-state index contributed by atoms with van der Waals surface area (Å²) in [5, 5.41) is 13.4. The van der Waals surface area contributed by atoms with Crippen LogP contribution in [0.3, 0.4) is 0 Å². The molecule has 2 rings (SSSR count). The number of nitro benzene ring substituents is 1. The van der Waals surface area contributed by atoms with Gasteiger partial charge in [-0.1, -0.05) is 0 Å². The third kappa shape index (κ3) is 5.19. The van der Waals surface area contributed by atoms with Crippen molar-refractivity contribution in [2.45, 2.75) is 6.18 Å². The van der Waals surface area contributed by atoms with E-state index in [9.17, 15) is 32.9 Å². The smallest absolute Gasteiger partial charge is 0.416 e. The summed E-state index contributed by atoms with van der Waals surface area (Å²) in [6.45, 7) is -0.639. The van der Waals surface area contributed by atoms with Gasteiger partial charge in [0.2, 0.25) is 0 Å². The monoisotopic (exact) mass is 398 g/mol. The minimum Gasteiger partial charge on any atom is -0.477 e. The Labute approximate surface area is 156 Å². The molecule has 1 amide bonds. The summed E-state index contributed by atoms with van der Waals surface area (Å²) in [5.74, 6) is -1.79. The maximum atomic E-state index is 12.5. The Morgan fingerprint density at radius 1 is 1.14 bits per heavy atom. The molecule has 0 fully saturated rings. The van der Waals surface area contributed by atoms with Crippen LogP contribution < -0.4 is 10.1 Å². The van der Waals surface area contributed by atoms with Gasteiger partial charge in [-0.05, 0) is 36.4 Å². The predicted molar refractivity (Wildman–Crippen MR) is 90.0 cm³/mol. The fourth-order valence-corrected chi connectivity index (χ4v) is 2.11. The standard InChI is InChI=1S/C17H13F3N2O6/c1-27-16(24)10-2-7-14(13(8-10)22(25)26)28-9-15(23)21-12-5-3-11(4-6-12)17(18,19)20/h2-8H,9H2,1H3,(H,21,23). The van der Waals surface area contributed by atoms with E-state index < -0.39 is 40.8 Å². The lowest BCUT2D eigenvalue weighted by Crippen LogP contribution is -2.20. The van der Waals surface area contributed by atoms with Crippen molar-refractivity contribution in [2.75, 3.05) is 19.0 Å². The van der Waals surface area contributed by atoms with Crippen molar-refractivity contribution in [3.05, 3.63) is 63.7 Å². The number of carbonyl (C=O) groups excluding carboxylic acids is 2. The number of esters is 1. The molecule has 0 saturated carbocycles. The number of nitrogens with one attached hydrogen (secondary N) is 1. The van der Waals surface area contributed by atoms with Crippen LogP contribution in [0.5, 0.6) is 5.75 Å². The fourth-order valence-electron chi connectivity index (χ4n) is 2.11. The van der Waals surface area contributed by atoms with Crippen molar-refractivity contribution in [2.24, 2.45) is 0 Å². The molecule has 0 spiro atoms. The fraction of sp³-hybridized carbons (Fsp3) is 0.176. The van der Waals surface area contributed by atoms with Crippen LogP contribution in [0.2, 0.25) is 0 Å². The van der Waals surface area contributed by atoms with E-state index in [2.05, 4.69) is 10.1 Å². The van der Waals surface area contributed by atoms with Crippen molar-refractivity contribution >= 4 is 23.3 Å². The molecular weight excluding hydrogens is 385 g/mol. The molecule has 28 heavy (non-hydrogen) atoms. The molecular formula is C17H13F3N2O6. The summed E-state index contributed by atoms with van der Waals surface area (Å²) in [4.78, 5) is 33.6. The summed E-state index contributed by atoms with van der Waals surface area (Å²) in [6.07, 6.45) is -4.50. The zero-order valence-corrected chi connectivity index (χ0v) is 14.3. The highest BCUT2D eigenvalue weighted by molar-refractivity contribution is 5.92. The average Bonchev–Trinajstić information content (AvgIpc) is 2.65. The van der Waals surface area contributed by atoms with Gasteiger partial charge in [0.05, 0.1) is 23.2 Å². The van der Waals surface area contributed by atoms with Crippen molar-refractivity contribution in [1.82, 2.24) is 0 Å². The van der Waals surface area contributed by atoms with E-state index in [0.29, 0.717) is 0 Å². The van der Waals surface area contributed by atoms with Crippen molar-refractivity contribution in [3.8, 4) is 5.75 Å². The molecule has 8 nitrogen and oxygen atoms in total. The number of halogens is 3. The Bertz CT molecular complexity index is 897. The molecule has 0 unspecified atom stereocenters. The maximum Gasteiger partial charge on any atom is 0.416 e. The van der Waals surface area contributed by atoms with Gasteiger partial charge in [-0.3, -0.25) is 14.9 Å². The molecule has 0 aliphatic rings. The first kappa shape index (κ1) is 20.7. The van der Waals surface area contributed by atoms with Crippen molar-refractivity contribution < 1.29 is 37.2 Å². The van der Waals surface area contributed by atoms with E-state index in [1.807, 2.05) is 0 Å². The summed E-state index contributed by atoms with van der Waals surface area (Å²) in [5.41, 5.74) is -1.40. The number of hydrogen-bond acceptors (Lipinski definition) is 6. The van der Waals surface area contributed by atoms with E-state index >= 15 is 0 Å². The first-order valence-corrected chi connectivity index (χ1v) is 7.58. The highest BCUT2D eigenvalue weighted by Gasteiger charge is 2.30. The first-order valence-electron chi connectivity index (χ1n) is 7.58. The predicted octanol–water partition coefficient (Wildman–Crippen LogP) is 3.42. The van der Waals surface area contributed by atoms with E-state index in [-0.39, 0.29) is 17.0 Å². The van der Waals surface area contributed by atoms with Crippen LogP contribution in [0.1, 0.15) is 15.9 Å². The average molecular weight is 398 g/mol. The number of methoxy groups -OCH3 is 1. The lowest BCUT2D eigenvalue weighted by molar-refractivity contribution is -0.385. The maximum absolute atomic E-state index is 12.5. The van der Waals surface area contributed by atoms with Gasteiger partial charge in [0, 0.05) is 11.8 Å². The second-order valence-corrected chi connectivity index (χ2v) is 5.34. The lowest BCUT2D eigenvalue weighted by atomic mass is 10.2. The molecule has 11 heteroatoms. The lowest BCUT2D eigenvalue weighted by Gasteiger charge is -2.10. The molecule has 2 aromatic carbocycles. The van der Waals surface area contributed by atoms with Gasteiger partial charge in [-0.15, -0.1) is 0 Å². The van der Waals surface area contributed by atoms with Crippen LogP contribution in [0.15, 0.2) is 42.5 Å². The summed E-state index contributed by atoms with van der Waals surface area (Å²) < 4.78 is 47.1. The van der Waals surface area contributed by atoms with Gasteiger partial charge in [-0.2, -0.15) is 13.2 Å². The Morgan fingerprint density at radius 3 is 2.32 bits per heavy atom. The Balaban J connectivity index is 2.04. The molecule has 2 aromatic rings. The largest absolute Gasteiger partial charge is 0.477 e. The Morgan fingerprint density at radius 2 is 1.79 bits per heavy atom. The van der Waals surface area contributed by atoms with Crippen LogP contribution >= 0.6 is 0 Å². The molecule has 1 N–H and O–H groups in total. The molecule has 0 atom stereocenters. The molecule has 0 radical (unpaired) electrons. The second-order valence-electron chi connectivity index (χ2n) is 5.34. The van der Waals surface area contributed by atoms with Gasteiger partial charge >= 0.3 is 17.8 Å². The minimum absolute atomic E-state index is 0.0734. The zero-order valence-electron chi connectivity index (χ0n) is 14.3. The number of benzene rings is 2. The zero-order chi connectivity index (χ0) is 20.9. The highest BCUT2D eigenvalue weighted by atomic mass is 19.4. The summed E-state index contributed by atoms with van der Waals surface area (Å²) in [6, 6.07) is 7.02. The molecule has 0 aliphatic carbocycles. The Kier molecular flexibility index (Phi) is 6.18. The normalized spacial score (nSPS) is 10.9. The van der Waals surface area contributed by atoms with Gasteiger partial charge < -0.3 is 14.8 Å². The summed E-state index contributed by atoms with van der Waals surface area (Å²) in [7, 11) is 1.12. The number of rotatable bonds is 6. The molecule has 0 heterocycles. The second kappa shape index (κ2) is 8.37. The number of nitro groups is 1. The highest BCUT2D eigenvalue weighted by Crippen LogP contribution is 2.30. The third-order valence-corrected chi connectivity index (χ3v) is 3.43. The van der Waals surface area contributed by atoms with Crippen LogP contribution in [0.4, 0.5) is 24.5 Å². The first-order chi connectivity index (χ1) is 13.1. The quantitative estimate of drug-likeness (QED) is 0.454. The number of ether oxygens (including phenoxy) is 2. The molecule has 0 aliphatic heterocycles. The van der Waals surface area contributed by atoms with Crippen LogP contribution in [0, 0.1) is 10.1 Å². The van der Waals surface area contributed by atoms with Gasteiger partial charge in [0.15, 0.2) is 12.4 Å². The van der Waals surface area contributed by atoms with E-state index in [1.54, 1.807) is 0 Å². The van der Waals surface area contributed by atoms with Gasteiger partial charge in [-0.25, -0.2) is 4.79 Å². The van der Waals surface area contributed by atoms with Crippen molar-refractivity contribution in [3.63, 3.8) is 0 Å². The number of anilines is 1. The SMILES string of the molecule is COC(=O)c1ccc(OCC(=O)Nc2ccc(C(F)(F)F)cc2)c([N+](=O)[O-])c1. The van der Waals surface area contributed by atoms with E-state index in [0.717, 1.165) is 43.5 Å². The topological polar surface area (TPSA) is 108 Å². The summed E-state index contributed by atoms with van der Waals surface area (Å²) >= 11 is 0. The van der Waals surface area contributed by atoms with E-state index in [4.69, 9.17) is 4.74 Å². The number of alkyl halides is 3. The molecule has 0 saturated heterocycles. The number of hydrogen-bond donors (Lipinski definition) is 1. The number of amides is 1. The number of nitrogens with zero attached hydrogens (tertiary/aromatic N) is 1. The van der Waals surface area contributed by atoms with Crippen LogP contribution in [-0.2, 0) is 15.7 Å². The molecule has 0 bridgehead atoms.